The smallest absolute Gasteiger partial charge is 0.0708 e. The summed E-state index contributed by atoms with van der Waals surface area (Å²) in [6.07, 6.45) is 3.05. The van der Waals surface area contributed by atoms with Crippen LogP contribution in [0.3, 0.4) is 0 Å². The van der Waals surface area contributed by atoms with Gasteiger partial charge in [0.2, 0.25) is 0 Å². The van der Waals surface area contributed by atoms with Crippen molar-refractivity contribution in [3.63, 3.8) is 0 Å². The maximum atomic E-state index is 5.59. The van der Waals surface area contributed by atoms with Crippen molar-refractivity contribution in [1.82, 2.24) is 15.2 Å². The average Bonchev–Trinajstić information content (AvgIpc) is 2.78. The van der Waals surface area contributed by atoms with Crippen LogP contribution in [0.4, 0.5) is 0 Å². The molecule has 3 atom stereocenters. The Morgan fingerprint density at radius 2 is 2.43 bits per heavy atom. The maximum absolute atomic E-state index is 5.59. The number of aromatic nitrogens is 2. The summed E-state index contributed by atoms with van der Waals surface area (Å²) in [7, 11) is 1.94. The molecule has 3 N–H and O–H groups in total. The fourth-order valence-electron chi connectivity index (χ4n) is 1.99. The molecule has 1 aromatic rings. The standard InChI is InChI=1S/C9H15BrN4/c1-5-3-6(5)8(13-11)9-7(10)4-12-14(9)2/h4-6,8,13H,3,11H2,1-2H3. The molecule has 0 spiro atoms. The van der Waals surface area contributed by atoms with Crippen LogP contribution in [0, 0.1) is 11.8 Å². The lowest BCUT2D eigenvalue weighted by molar-refractivity contribution is 0.444. The molecule has 0 saturated heterocycles. The predicted octanol–water partition coefficient (Wildman–Crippen LogP) is 1.34. The van der Waals surface area contributed by atoms with Crippen LogP contribution in [0.1, 0.15) is 25.1 Å². The van der Waals surface area contributed by atoms with Crippen LogP contribution in [0.2, 0.25) is 0 Å². The number of halogens is 1. The summed E-state index contributed by atoms with van der Waals surface area (Å²) in [6.45, 7) is 2.25. The second-order valence-corrected chi connectivity index (χ2v) is 4.88. The van der Waals surface area contributed by atoms with E-state index >= 15 is 0 Å². The Morgan fingerprint density at radius 1 is 1.79 bits per heavy atom. The van der Waals surface area contributed by atoms with E-state index < -0.39 is 0 Å². The van der Waals surface area contributed by atoms with Gasteiger partial charge in [-0.15, -0.1) is 0 Å². The van der Waals surface area contributed by atoms with Crippen LogP contribution in [0.5, 0.6) is 0 Å². The topological polar surface area (TPSA) is 55.9 Å². The minimum Gasteiger partial charge on any atom is -0.271 e. The van der Waals surface area contributed by atoms with E-state index in [1.807, 2.05) is 17.9 Å². The van der Waals surface area contributed by atoms with Gasteiger partial charge in [0.25, 0.3) is 0 Å². The molecule has 2 rings (SSSR count). The number of nitrogens with one attached hydrogen (secondary N) is 1. The molecule has 0 amide bonds. The molecule has 1 fully saturated rings. The molecule has 3 unspecified atom stereocenters. The molecule has 1 aromatic heterocycles. The van der Waals surface area contributed by atoms with Crippen LogP contribution >= 0.6 is 15.9 Å². The summed E-state index contributed by atoms with van der Waals surface area (Å²) in [5, 5.41) is 4.19. The Bertz CT molecular complexity index is 316. The molecule has 14 heavy (non-hydrogen) atoms. The zero-order valence-electron chi connectivity index (χ0n) is 8.37. The van der Waals surface area contributed by atoms with Crippen molar-refractivity contribution >= 4 is 15.9 Å². The van der Waals surface area contributed by atoms with Gasteiger partial charge in [-0.1, -0.05) is 6.92 Å². The van der Waals surface area contributed by atoms with Crippen LogP contribution in [0.25, 0.3) is 0 Å². The van der Waals surface area contributed by atoms with Gasteiger partial charge in [0.15, 0.2) is 0 Å². The average molecular weight is 259 g/mol. The first-order chi connectivity index (χ1) is 6.65. The summed E-state index contributed by atoms with van der Waals surface area (Å²) in [5.74, 6) is 7.00. The molecular formula is C9H15BrN4. The van der Waals surface area contributed by atoms with E-state index in [0.717, 1.165) is 16.1 Å². The van der Waals surface area contributed by atoms with Gasteiger partial charge in [-0.25, -0.2) is 0 Å². The van der Waals surface area contributed by atoms with Crippen molar-refractivity contribution in [2.75, 3.05) is 0 Å². The first kappa shape index (κ1) is 10.1. The number of rotatable bonds is 3. The fourth-order valence-corrected chi connectivity index (χ4v) is 2.59. The SMILES string of the molecule is CC1CC1C(NN)c1c(Br)cnn1C. The first-order valence-corrected chi connectivity index (χ1v) is 5.58. The van der Waals surface area contributed by atoms with Crippen molar-refractivity contribution in [3.05, 3.63) is 16.4 Å². The lowest BCUT2D eigenvalue weighted by Gasteiger charge is -2.16. The molecule has 4 nitrogen and oxygen atoms in total. The highest BCUT2D eigenvalue weighted by Gasteiger charge is 2.41. The van der Waals surface area contributed by atoms with Crippen LogP contribution < -0.4 is 11.3 Å². The fraction of sp³-hybridized carbons (Fsp3) is 0.667. The van der Waals surface area contributed by atoms with Gasteiger partial charge in [0, 0.05) is 7.05 Å². The summed E-state index contributed by atoms with van der Waals surface area (Å²) >= 11 is 3.50. The maximum Gasteiger partial charge on any atom is 0.0708 e. The van der Waals surface area contributed by atoms with Crippen molar-refractivity contribution in [2.45, 2.75) is 19.4 Å². The Morgan fingerprint density at radius 3 is 2.79 bits per heavy atom. The number of hydrazine groups is 1. The second-order valence-electron chi connectivity index (χ2n) is 4.02. The monoisotopic (exact) mass is 258 g/mol. The van der Waals surface area contributed by atoms with Gasteiger partial charge in [0.05, 0.1) is 22.4 Å². The van der Waals surface area contributed by atoms with E-state index in [4.69, 9.17) is 5.84 Å². The van der Waals surface area contributed by atoms with Crippen LogP contribution in [0.15, 0.2) is 10.7 Å². The summed E-state index contributed by atoms with van der Waals surface area (Å²) in [5.41, 5.74) is 4.03. The summed E-state index contributed by atoms with van der Waals surface area (Å²) < 4.78 is 2.90. The number of hydrogen-bond acceptors (Lipinski definition) is 3. The largest absolute Gasteiger partial charge is 0.271 e. The second kappa shape index (κ2) is 3.64. The first-order valence-electron chi connectivity index (χ1n) is 4.78. The number of nitrogens with zero attached hydrogens (tertiary/aromatic N) is 2. The van der Waals surface area contributed by atoms with E-state index in [-0.39, 0.29) is 6.04 Å². The molecule has 0 bridgehead atoms. The van der Waals surface area contributed by atoms with Gasteiger partial charge in [-0.3, -0.25) is 16.0 Å². The highest BCUT2D eigenvalue weighted by Crippen LogP contribution is 2.47. The van der Waals surface area contributed by atoms with Crippen molar-refractivity contribution in [3.8, 4) is 0 Å². The molecule has 1 aliphatic rings. The molecule has 1 heterocycles. The molecule has 0 aromatic carbocycles. The Balaban J connectivity index is 2.27. The number of aryl methyl sites for hydroxylation is 1. The molecular weight excluding hydrogens is 244 g/mol. The highest BCUT2D eigenvalue weighted by atomic mass is 79.9. The lowest BCUT2D eigenvalue weighted by atomic mass is 10.1. The lowest BCUT2D eigenvalue weighted by Crippen LogP contribution is -2.31. The van der Waals surface area contributed by atoms with E-state index in [1.54, 1.807) is 0 Å². The normalized spacial score (nSPS) is 27.7. The van der Waals surface area contributed by atoms with Crippen molar-refractivity contribution < 1.29 is 0 Å². The zero-order chi connectivity index (χ0) is 10.3. The third kappa shape index (κ3) is 1.60. The Hall–Kier alpha value is -0.390. The van der Waals surface area contributed by atoms with Crippen molar-refractivity contribution in [1.29, 1.82) is 0 Å². The molecule has 0 radical (unpaired) electrons. The molecule has 1 saturated carbocycles. The number of hydrogen-bond donors (Lipinski definition) is 2. The molecule has 0 aliphatic heterocycles. The zero-order valence-corrected chi connectivity index (χ0v) is 9.95. The summed E-state index contributed by atoms with van der Waals surface area (Å²) in [4.78, 5) is 0. The van der Waals surface area contributed by atoms with Gasteiger partial charge in [-0.05, 0) is 34.2 Å². The van der Waals surface area contributed by atoms with E-state index in [2.05, 4.69) is 33.4 Å². The third-order valence-corrected chi connectivity index (χ3v) is 3.62. The van der Waals surface area contributed by atoms with Gasteiger partial charge >= 0.3 is 0 Å². The highest BCUT2D eigenvalue weighted by molar-refractivity contribution is 9.10. The minimum atomic E-state index is 0.215. The van der Waals surface area contributed by atoms with Crippen LogP contribution in [-0.4, -0.2) is 9.78 Å². The molecule has 1 aliphatic carbocycles. The van der Waals surface area contributed by atoms with E-state index in [0.29, 0.717) is 5.92 Å². The van der Waals surface area contributed by atoms with E-state index in [1.165, 1.54) is 6.42 Å². The summed E-state index contributed by atoms with van der Waals surface area (Å²) in [6, 6.07) is 0.215. The Labute approximate surface area is 91.9 Å². The van der Waals surface area contributed by atoms with Crippen molar-refractivity contribution in [2.24, 2.45) is 24.7 Å². The van der Waals surface area contributed by atoms with E-state index in [9.17, 15) is 0 Å². The molecule has 5 heteroatoms. The third-order valence-electron chi connectivity index (χ3n) is 3.01. The van der Waals surface area contributed by atoms with Gasteiger partial charge in [-0.2, -0.15) is 5.10 Å². The quantitative estimate of drug-likeness (QED) is 0.636. The molecule has 78 valence electrons. The van der Waals surface area contributed by atoms with Gasteiger partial charge in [0.1, 0.15) is 0 Å². The van der Waals surface area contributed by atoms with Crippen LogP contribution in [-0.2, 0) is 7.05 Å². The predicted molar refractivity (Wildman–Crippen MR) is 58.2 cm³/mol. The number of nitrogens with two attached hydrogens (primary N) is 1. The van der Waals surface area contributed by atoms with Gasteiger partial charge < -0.3 is 0 Å². The Kier molecular flexibility index (Phi) is 2.64. The minimum absolute atomic E-state index is 0.215.